The SMILES string of the molecule is CCN(CC)CCCC(C)NC(=O)c1csc(CSc2nnc(-c3ccncc3)n2-c2cccc(C(F)(F)F)c2)n1. The molecule has 0 spiro atoms. The van der Waals surface area contributed by atoms with Crippen LogP contribution in [0.25, 0.3) is 17.1 Å². The first kappa shape index (κ1) is 30.7. The smallest absolute Gasteiger partial charge is 0.348 e. The number of thiazole rings is 1. The largest absolute Gasteiger partial charge is 0.416 e. The lowest BCUT2D eigenvalue weighted by molar-refractivity contribution is -0.137. The quantitative estimate of drug-likeness (QED) is 0.179. The standard InChI is InChI=1S/C28H32F3N7OS2/c1-4-37(5-2)15-7-8-19(3)33-26(39)23-17-40-24(34-23)18-41-27-36-35-25(20-11-13-32-14-12-20)38(27)22-10-6-9-21(16-22)28(29,30)31/h6,9-14,16-17,19H,4-5,7-8,15,18H2,1-3H3,(H,33,39). The normalized spacial score (nSPS) is 12.6. The van der Waals surface area contributed by atoms with E-state index < -0.39 is 11.7 Å². The highest BCUT2D eigenvalue weighted by Gasteiger charge is 2.31. The third-order valence-corrected chi connectivity index (χ3v) is 8.47. The molecule has 0 saturated heterocycles. The van der Waals surface area contributed by atoms with Crippen LogP contribution in [0.2, 0.25) is 0 Å². The molecule has 0 bridgehead atoms. The van der Waals surface area contributed by atoms with E-state index in [0.29, 0.717) is 33.0 Å². The van der Waals surface area contributed by atoms with Crippen molar-refractivity contribution in [3.8, 4) is 17.1 Å². The van der Waals surface area contributed by atoms with Gasteiger partial charge in [0.1, 0.15) is 10.7 Å². The summed E-state index contributed by atoms with van der Waals surface area (Å²) in [5, 5.41) is 14.4. The van der Waals surface area contributed by atoms with Gasteiger partial charge in [-0.05, 0) is 69.7 Å². The zero-order valence-electron chi connectivity index (χ0n) is 23.1. The van der Waals surface area contributed by atoms with Gasteiger partial charge < -0.3 is 10.2 Å². The summed E-state index contributed by atoms with van der Waals surface area (Å²) in [6, 6.07) is 8.52. The lowest BCUT2D eigenvalue weighted by Crippen LogP contribution is -2.33. The van der Waals surface area contributed by atoms with E-state index in [1.807, 2.05) is 6.92 Å². The monoisotopic (exact) mass is 603 g/mol. The number of hydrogen-bond acceptors (Lipinski definition) is 8. The Labute approximate surface area is 245 Å². The summed E-state index contributed by atoms with van der Waals surface area (Å²) < 4.78 is 42.0. The van der Waals surface area contributed by atoms with Gasteiger partial charge in [-0.15, -0.1) is 21.5 Å². The van der Waals surface area contributed by atoms with E-state index in [4.69, 9.17) is 0 Å². The molecule has 3 aromatic heterocycles. The van der Waals surface area contributed by atoms with Gasteiger partial charge in [-0.2, -0.15) is 13.2 Å². The molecule has 41 heavy (non-hydrogen) atoms. The zero-order valence-corrected chi connectivity index (χ0v) is 24.7. The molecule has 1 N–H and O–H groups in total. The van der Waals surface area contributed by atoms with Crippen molar-refractivity contribution in [1.82, 2.24) is 34.9 Å². The molecular formula is C28H32F3N7OS2. The summed E-state index contributed by atoms with van der Waals surface area (Å²) in [7, 11) is 0. The molecule has 0 radical (unpaired) electrons. The summed E-state index contributed by atoms with van der Waals surface area (Å²) in [5.41, 5.74) is 0.528. The van der Waals surface area contributed by atoms with E-state index in [9.17, 15) is 18.0 Å². The third kappa shape index (κ3) is 8.14. The molecule has 1 aromatic carbocycles. The highest BCUT2D eigenvalue weighted by molar-refractivity contribution is 7.98. The predicted molar refractivity (Wildman–Crippen MR) is 155 cm³/mol. The topological polar surface area (TPSA) is 88.8 Å². The van der Waals surface area contributed by atoms with Crippen molar-refractivity contribution in [2.24, 2.45) is 0 Å². The number of thioether (sulfide) groups is 1. The van der Waals surface area contributed by atoms with Crippen molar-refractivity contribution in [3.05, 3.63) is 70.4 Å². The lowest BCUT2D eigenvalue weighted by Gasteiger charge is -2.19. The first-order valence-corrected chi connectivity index (χ1v) is 15.2. The van der Waals surface area contributed by atoms with E-state index in [1.165, 1.54) is 29.2 Å². The Kier molecular flexibility index (Phi) is 10.5. The van der Waals surface area contributed by atoms with Crippen LogP contribution in [0.15, 0.2) is 59.3 Å². The fourth-order valence-corrected chi connectivity index (χ4v) is 5.99. The van der Waals surface area contributed by atoms with Crippen LogP contribution in [0.5, 0.6) is 0 Å². The maximum absolute atomic E-state index is 13.5. The molecule has 0 saturated carbocycles. The van der Waals surface area contributed by atoms with Crippen molar-refractivity contribution in [1.29, 1.82) is 0 Å². The summed E-state index contributed by atoms with van der Waals surface area (Å²) in [5.74, 6) is 0.536. The van der Waals surface area contributed by atoms with Crippen molar-refractivity contribution in [3.63, 3.8) is 0 Å². The zero-order chi connectivity index (χ0) is 29.4. The average molecular weight is 604 g/mol. The molecule has 0 aliphatic carbocycles. The van der Waals surface area contributed by atoms with E-state index in [1.54, 1.807) is 40.5 Å². The van der Waals surface area contributed by atoms with Gasteiger partial charge in [0, 0.05) is 29.4 Å². The summed E-state index contributed by atoms with van der Waals surface area (Å²) >= 11 is 2.63. The van der Waals surface area contributed by atoms with E-state index >= 15 is 0 Å². The molecule has 1 atom stereocenters. The van der Waals surface area contributed by atoms with E-state index in [-0.39, 0.29) is 17.6 Å². The maximum Gasteiger partial charge on any atom is 0.416 e. The van der Waals surface area contributed by atoms with Crippen LogP contribution >= 0.6 is 23.1 Å². The van der Waals surface area contributed by atoms with Crippen LogP contribution in [0.3, 0.4) is 0 Å². The second kappa shape index (κ2) is 14.1. The van der Waals surface area contributed by atoms with Crippen molar-refractivity contribution >= 4 is 29.0 Å². The molecule has 0 aliphatic heterocycles. The molecular weight excluding hydrogens is 571 g/mol. The van der Waals surface area contributed by atoms with Gasteiger partial charge in [0.05, 0.1) is 17.0 Å². The van der Waals surface area contributed by atoms with Crippen LogP contribution in [0, 0.1) is 0 Å². The van der Waals surface area contributed by atoms with Gasteiger partial charge in [-0.25, -0.2) is 4.98 Å². The highest BCUT2D eigenvalue weighted by Crippen LogP contribution is 2.34. The van der Waals surface area contributed by atoms with E-state index in [0.717, 1.165) is 44.6 Å². The molecule has 4 aromatic rings. The molecule has 13 heteroatoms. The molecule has 8 nitrogen and oxygen atoms in total. The second-order valence-electron chi connectivity index (χ2n) is 9.38. The predicted octanol–water partition coefficient (Wildman–Crippen LogP) is 6.34. The van der Waals surface area contributed by atoms with Gasteiger partial charge in [0.2, 0.25) is 0 Å². The van der Waals surface area contributed by atoms with Crippen molar-refractivity contribution < 1.29 is 18.0 Å². The van der Waals surface area contributed by atoms with Crippen LogP contribution < -0.4 is 5.32 Å². The first-order valence-electron chi connectivity index (χ1n) is 13.3. The fourth-order valence-electron chi connectivity index (χ4n) is 4.24. The Bertz CT molecular complexity index is 1420. The minimum Gasteiger partial charge on any atom is -0.348 e. The van der Waals surface area contributed by atoms with Gasteiger partial charge >= 0.3 is 6.18 Å². The third-order valence-electron chi connectivity index (χ3n) is 6.50. The Morgan fingerprint density at radius 1 is 1.15 bits per heavy atom. The minimum atomic E-state index is -4.49. The lowest BCUT2D eigenvalue weighted by atomic mass is 10.1. The van der Waals surface area contributed by atoms with E-state index in [2.05, 4.69) is 44.2 Å². The van der Waals surface area contributed by atoms with Gasteiger partial charge in [0.25, 0.3) is 5.91 Å². The van der Waals surface area contributed by atoms with Gasteiger partial charge in [0.15, 0.2) is 11.0 Å². The second-order valence-corrected chi connectivity index (χ2v) is 11.3. The summed E-state index contributed by atoms with van der Waals surface area (Å²) in [6.07, 6.45) is 0.549. The van der Waals surface area contributed by atoms with Crippen LogP contribution in [-0.4, -0.2) is 61.2 Å². The molecule has 0 aliphatic rings. The number of carbonyl (C=O) groups is 1. The van der Waals surface area contributed by atoms with Gasteiger partial charge in [-0.1, -0.05) is 31.7 Å². The molecule has 3 heterocycles. The Morgan fingerprint density at radius 2 is 1.90 bits per heavy atom. The molecule has 4 rings (SSSR count). The number of pyridine rings is 1. The van der Waals surface area contributed by atoms with Gasteiger partial charge in [-0.3, -0.25) is 14.3 Å². The van der Waals surface area contributed by atoms with Crippen molar-refractivity contribution in [2.45, 2.75) is 56.7 Å². The van der Waals surface area contributed by atoms with Crippen LogP contribution in [0.4, 0.5) is 13.2 Å². The Morgan fingerprint density at radius 3 is 2.61 bits per heavy atom. The highest BCUT2D eigenvalue weighted by atomic mass is 32.2. The number of carbonyl (C=O) groups excluding carboxylic acids is 1. The number of nitrogens with one attached hydrogen (secondary N) is 1. The number of amides is 1. The number of nitrogens with zero attached hydrogens (tertiary/aromatic N) is 6. The number of halogens is 3. The van der Waals surface area contributed by atoms with Crippen molar-refractivity contribution in [2.75, 3.05) is 19.6 Å². The first-order chi connectivity index (χ1) is 19.7. The molecule has 1 amide bonds. The average Bonchev–Trinajstić information content (AvgIpc) is 3.62. The number of alkyl halides is 3. The Balaban J connectivity index is 1.46. The fraction of sp³-hybridized carbons (Fsp3) is 0.393. The summed E-state index contributed by atoms with van der Waals surface area (Å²) in [4.78, 5) is 23.6. The van der Waals surface area contributed by atoms with Crippen LogP contribution in [-0.2, 0) is 11.9 Å². The summed E-state index contributed by atoms with van der Waals surface area (Å²) in [6.45, 7) is 9.30. The Hall–Kier alpha value is -3.29. The number of rotatable bonds is 13. The number of hydrogen-bond donors (Lipinski definition) is 1. The maximum atomic E-state index is 13.5. The number of aromatic nitrogens is 5. The minimum absolute atomic E-state index is 0.0233. The molecule has 218 valence electrons. The molecule has 1 unspecified atom stereocenters. The molecule has 0 fully saturated rings. The number of benzene rings is 1. The van der Waals surface area contributed by atoms with Crippen LogP contribution in [0.1, 0.15) is 54.7 Å².